The van der Waals surface area contributed by atoms with Crippen molar-refractivity contribution in [3.05, 3.63) is 42.1 Å². The van der Waals surface area contributed by atoms with E-state index in [-0.39, 0.29) is 25.1 Å². The number of nitrogens with zero attached hydrogens (tertiary/aromatic N) is 1. The van der Waals surface area contributed by atoms with E-state index in [0.717, 1.165) is 16.6 Å². The lowest BCUT2D eigenvalue weighted by atomic mass is 10.1. The molecule has 2 aromatic rings. The Bertz CT molecular complexity index is 461. The third-order valence-corrected chi connectivity index (χ3v) is 2.36. The second-order valence-electron chi connectivity index (χ2n) is 3.64. The predicted molar refractivity (Wildman–Crippen MR) is 67.8 cm³/mol. The summed E-state index contributed by atoms with van der Waals surface area (Å²) in [5.74, 6) is 0. The van der Waals surface area contributed by atoms with Gasteiger partial charge in [-0.3, -0.25) is 4.98 Å². The molecule has 0 saturated carbocycles. The van der Waals surface area contributed by atoms with Crippen molar-refractivity contribution in [1.29, 1.82) is 0 Å². The summed E-state index contributed by atoms with van der Waals surface area (Å²) in [5, 5.41) is 9.98. The molecular weight excluding hydrogens is 224 g/mol. The molecule has 1 heterocycles. The van der Waals surface area contributed by atoms with E-state index in [1.807, 2.05) is 36.4 Å². The maximum atomic E-state index is 8.86. The van der Waals surface area contributed by atoms with E-state index < -0.39 is 0 Å². The van der Waals surface area contributed by atoms with Gasteiger partial charge in [0.25, 0.3) is 0 Å². The van der Waals surface area contributed by atoms with Crippen molar-refractivity contribution in [1.82, 2.24) is 4.98 Å². The van der Waals surface area contributed by atoms with Crippen LogP contribution in [0.4, 0.5) is 0 Å². The first-order chi connectivity index (χ1) is 7.29. The van der Waals surface area contributed by atoms with Crippen LogP contribution in [0.5, 0.6) is 0 Å². The van der Waals surface area contributed by atoms with Gasteiger partial charge in [0, 0.05) is 23.5 Å². The number of hydrogen-bond acceptors (Lipinski definition) is 3. The summed E-state index contributed by atoms with van der Waals surface area (Å²) in [4.78, 5) is 4.47. The zero-order valence-electron chi connectivity index (χ0n) is 8.84. The minimum absolute atomic E-state index is 0. The van der Waals surface area contributed by atoms with Crippen molar-refractivity contribution in [2.75, 3.05) is 6.61 Å². The van der Waals surface area contributed by atoms with E-state index in [2.05, 4.69) is 4.98 Å². The molecule has 0 amide bonds. The number of rotatable bonds is 3. The lowest BCUT2D eigenvalue weighted by Gasteiger charge is -2.07. The quantitative estimate of drug-likeness (QED) is 0.853. The van der Waals surface area contributed by atoms with Crippen molar-refractivity contribution < 1.29 is 5.11 Å². The topological polar surface area (TPSA) is 59.1 Å². The summed E-state index contributed by atoms with van der Waals surface area (Å²) in [6.07, 6.45) is 0.612. The molecule has 0 radical (unpaired) electrons. The molecule has 4 heteroatoms. The van der Waals surface area contributed by atoms with Gasteiger partial charge in [0.1, 0.15) is 0 Å². The first-order valence-electron chi connectivity index (χ1n) is 5.00. The lowest BCUT2D eigenvalue weighted by molar-refractivity contribution is 0.264. The number of para-hydroxylation sites is 1. The Hall–Kier alpha value is -1.16. The first kappa shape index (κ1) is 12.9. The van der Waals surface area contributed by atoms with Crippen LogP contribution >= 0.6 is 12.4 Å². The van der Waals surface area contributed by atoms with Crippen LogP contribution in [0, 0.1) is 0 Å². The fourth-order valence-electron chi connectivity index (χ4n) is 1.56. The summed E-state index contributed by atoms with van der Waals surface area (Å²) in [5.41, 5.74) is 7.56. The molecule has 1 atom stereocenters. The van der Waals surface area contributed by atoms with Crippen LogP contribution in [0.1, 0.15) is 5.69 Å². The number of hydrogen-bond donors (Lipinski definition) is 2. The minimum atomic E-state index is -0.223. The number of aromatic nitrogens is 1. The third-order valence-electron chi connectivity index (χ3n) is 2.36. The Morgan fingerprint density at radius 2 is 1.94 bits per heavy atom. The summed E-state index contributed by atoms with van der Waals surface area (Å²) in [6.45, 7) is -0.00545. The highest BCUT2D eigenvalue weighted by atomic mass is 35.5. The number of pyridine rings is 1. The average Bonchev–Trinajstić information content (AvgIpc) is 2.29. The normalized spacial score (nSPS) is 12.1. The first-order valence-corrected chi connectivity index (χ1v) is 5.00. The molecule has 86 valence electrons. The number of nitrogens with two attached hydrogens (primary N) is 1. The van der Waals surface area contributed by atoms with E-state index in [9.17, 15) is 0 Å². The van der Waals surface area contributed by atoms with Gasteiger partial charge in [0.05, 0.1) is 12.1 Å². The molecule has 3 N–H and O–H groups in total. The molecule has 3 nitrogen and oxygen atoms in total. The number of fused-ring (bicyclic) bond motifs is 1. The molecule has 1 unspecified atom stereocenters. The van der Waals surface area contributed by atoms with Gasteiger partial charge < -0.3 is 10.8 Å². The van der Waals surface area contributed by atoms with Crippen molar-refractivity contribution in [2.24, 2.45) is 5.73 Å². The highest BCUT2D eigenvalue weighted by molar-refractivity contribution is 5.85. The van der Waals surface area contributed by atoms with E-state index in [4.69, 9.17) is 10.8 Å². The summed E-state index contributed by atoms with van der Waals surface area (Å²) in [6, 6.07) is 11.7. The highest BCUT2D eigenvalue weighted by Gasteiger charge is 2.04. The monoisotopic (exact) mass is 238 g/mol. The minimum Gasteiger partial charge on any atom is -0.395 e. The molecule has 0 bridgehead atoms. The number of aliphatic hydroxyl groups is 1. The largest absolute Gasteiger partial charge is 0.395 e. The molecule has 0 aliphatic carbocycles. The average molecular weight is 239 g/mol. The van der Waals surface area contributed by atoms with Crippen LogP contribution in [0.2, 0.25) is 0 Å². The van der Waals surface area contributed by atoms with Gasteiger partial charge in [-0.25, -0.2) is 0 Å². The van der Waals surface area contributed by atoms with Crippen LogP contribution in [-0.2, 0) is 6.42 Å². The fourth-order valence-corrected chi connectivity index (χ4v) is 1.56. The Morgan fingerprint density at radius 3 is 2.69 bits per heavy atom. The van der Waals surface area contributed by atoms with Crippen molar-refractivity contribution >= 4 is 23.3 Å². The zero-order valence-corrected chi connectivity index (χ0v) is 9.65. The molecule has 0 fully saturated rings. The Kier molecular flexibility index (Phi) is 4.68. The number of halogens is 1. The van der Waals surface area contributed by atoms with Crippen molar-refractivity contribution in [3.63, 3.8) is 0 Å². The number of benzene rings is 1. The van der Waals surface area contributed by atoms with E-state index in [1.165, 1.54) is 0 Å². The Balaban J connectivity index is 0.00000128. The molecule has 1 aromatic heterocycles. The Labute approximate surface area is 101 Å². The zero-order chi connectivity index (χ0) is 10.7. The molecule has 2 rings (SSSR count). The van der Waals surface area contributed by atoms with Gasteiger partial charge in [-0.05, 0) is 12.1 Å². The van der Waals surface area contributed by atoms with Gasteiger partial charge >= 0.3 is 0 Å². The predicted octanol–water partition coefficient (Wildman–Crippen LogP) is 1.52. The van der Waals surface area contributed by atoms with E-state index >= 15 is 0 Å². The third kappa shape index (κ3) is 2.92. The van der Waals surface area contributed by atoms with Crippen LogP contribution in [-0.4, -0.2) is 22.7 Å². The smallest absolute Gasteiger partial charge is 0.0705 e. The van der Waals surface area contributed by atoms with E-state index in [1.54, 1.807) is 0 Å². The fraction of sp³-hybridized carbons (Fsp3) is 0.250. The molecule has 0 aliphatic rings. The molecule has 0 spiro atoms. The lowest BCUT2D eigenvalue weighted by Crippen LogP contribution is -2.27. The van der Waals surface area contributed by atoms with E-state index in [0.29, 0.717) is 6.42 Å². The maximum Gasteiger partial charge on any atom is 0.0705 e. The van der Waals surface area contributed by atoms with Crippen molar-refractivity contribution in [3.8, 4) is 0 Å². The molecule has 16 heavy (non-hydrogen) atoms. The van der Waals surface area contributed by atoms with Gasteiger partial charge in [0.2, 0.25) is 0 Å². The second kappa shape index (κ2) is 5.80. The van der Waals surface area contributed by atoms with Gasteiger partial charge in [-0.15, -0.1) is 12.4 Å². The van der Waals surface area contributed by atoms with Crippen molar-refractivity contribution in [2.45, 2.75) is 12.5 Å². The van der Waals surface area contributed by atoms with Gasteiger partial charge in [-0.2, -0.15) is 0 Å². The van der Waals surface area contributed by atoms with Crippen LogP contribution in [0.25, 0.3) is 10.9 Å². The Morgan fingerprint density at radius 1 is 1.19 bits per heavy atom. The molecular formula is C12H15ClN2O. The SMILES string of the molecule is Cl.NC(CO)Cc1ccc2ccccc2n1. The highest BCUT2D eigenvalue weighted by Crippen LogP contribution is 2.12. The standard InChI is InChI=1S/C12H14N2O.ClH/c13-10(8-15)7-11-6-5-9-3-1-2-4-12(9)14-11;/h1-6,10,15H,7-8,13H2;1H. The molecule has 1 aromatic carbocycles. The van der Waals surface area contributed by atoms with Crippen LogP contribution in [0.3, 0.4) is 0 Å². The van der Waals surface area contributed by atoms with Crippen LogP contribution in [0.15, 0.2) is 36.4 Å². The molecule has 0 aliphatic heterocycles. The number of aliphatic hydroxyl groups excluding tert-OH is 1. The van der Waals surface area contributed by atoms with Gasteiger partial charge in [0.15, 0.2) is 0 Å². The summed E-state index contributed by atoms with van der Waals surface area (Å²) >= 11 is 0. The summed E-state index contributed by atoms with van der Waals surface area (Å²) < 4.78 is 0. The molecule has 0 saturated heterocycles. The van der Waals surface area contributed by atoms with Crippen LogP contribution < -0.4 is 5.73 Å². The maximum absolute atomic E-state index is 8.86. The van der Waals surface area contributed by atoms with Gasteiger partial charge in [-0.1, -0.05) is 24.3 Å². The summed E-state index contributed by atoms with van der Waals surface area (Å²) in [7, 11) is 0. The second-order valence-corrected chi connectivity index (χ2v) is 3.64.